The van der Waals surface area contributed by atoms with E-state index in [2.05, 4.69) is 5.43 Å². The first-order valence-electron chi connectivity index (χ1n) is 7.68. The number of benzene rings is 2. The number of hydrazine groups is 1. The molecule has 0 aliphatic rings. The molecule has 0 aliphatic heterocycles. The van der Waals surface area contributed by atoms with Crippen molar-refractivity contribution in [2.75, 3.05) is 7.11 Å². The third-order valence-corrected chi connectivity index (χ3v) is 3.46. The van der Waals surface area contributed by atoms with Gasteiger partial charge in [0, 0.05) is 5.56 Å². The second-order valence-electron chi connectivity index (χ2n) is 6.32. The van der Waals surface area contributed by atoms with E-state index in [9.17, 15) is 9.59 Å². The Hall–Kier alpha value is -2.82. The number of carbonyl (C=O) groups excluding carboxylic acids is 2. The van der Waals surface area contributed by atoms with E-state index < -0.39 is 5.54 Å². The number of para-hydroxylation sites is 1. The van der Waals surface area contributed by atoms with Gasteiger partial charge in [-0.3, -0.25) is 15.0 Å². The number of nitrogens with one attached hydrogen (secondary N) is 1. The molecule has 0 bridgehead atoms. The maximum absolute atomic E-state index is 13.0. The van der Waals surface area contributed by atoms with Gasteiger partial charge in [-0.25, -0.2) is 5.01 Å². The highest BCUT2D eigenvalue weighted by atomic mass is 16.5. The normalized spacial score (nSPS) is 10.8. The highest BCUT2D eigenvalue weighted by molar-refractivity contribution is 6.00. The summed E-state index contributed by atoms with van der Waals surface area (Å²) in [6, 6.07) is 15.7. The number of rotatable bonds is 3. The zero-order chi connectivity index (χ0) is 17.7. The van der Waals surface area contributed by atoms with E-state index in [1.807, 2.05) is 26.8 Å². The summed E-state index contributed by atoms with van der Waals surface area (Å²) >= 11 is 0. The van der Waals surface area contributed by atoms with Crippen molar-refractivity contribution in [3.8, 4) is 5.75 Å². The smallest absolute Gasteiger partial charge is 0.276 e. The van der Waals surface area contributed by atoms with Crippen LogP contribution in [0.15, 0.2) is 54.6 Å². The molecule has 0 atom stereocenters. The molecule has 2 amide bonds. The first-order valence-corrected chi connectivity index (χ1v) is 7.68. The Morgan fingerprint density at radius 3 is 2.12 bits per heavy atom. The molecule has 0 heterocycles. The number of ether oxygens (including phenoxy) is 1. The van der Waals surface area contributed by atoms with E-state index in [0.29, 0.717) is 16.9 Å². The van der Waals surface area contributed by atoms with Gasteiger partial charge in [-0.1, -0.05) is 30.3 Å². The lowest BCUT2D eigenvalue weighted by atomic mass is 10.1. The minimum Gasteiger partial charge on any atom is -0.496 e. The van der Waals surface area contributed by atoms with Crippen LogP contribution < -0.4 is 10.2 Å². The van der Waals surface area contributed by atoms with Crippen LogP contribution in [-0.2, 0) is 0 Å². The van der Waals surface area contributed by atoms with Gasteiger partial charge >= 0.3 is 0 Å². The molecule has 0 aromatic heterocycles. The Kier molecular flexibility index (Phi) is 5.24. The van der Waals surface area contributed by atoms with Crippen LogP contribution in [0.4, 0.5) is 0 Å². The van der Waals surface area contributed by atoms with Gasteiger partial charge in [0.2, 0.25) is 0 Å². The molecule has 0 fully saturated rings. The molecular formula is C19H22N2O3. The quantitative estimate of drug-likeness (QED) is 0.881. The molecule has 2 rings (SSSR count). The number of methoxy groups -OCH3 is 1. The second-order valence-corrected chi connectivity index (χ2v) is 6.32. The van der Waals surface area contributed by atoms with Crippen LogP contribution in [0.5, 0.6) is 5.75 Å². The lowest BCUT2D eigenvalue weighted by Crippen LogP contribution is -2.55. The Balaban J connectivity index is 2.32. The molecule has 5 nitrogen and oxygen atoms in total. The van der Waals surface area contributed by atoms with Crippen molar-refractivity contribution in [2.24, 2.45) is 0 Å². The van der Waals surface area contributed by atoms with Crippen LogP contribution in [-0.4, -0.2) is 29.5 Å². The van der Waals surface area contributed by atoms with Crippen LogP contribution in [0.3, 0.4) is 0 Å². The first-order chi connectivity index (χ1) is 11.3. The molecular weight excluding hydrogens is 304 g/mol. The largest absolute Gasteiger partial charge is 0.496 e. The van der Waals surface area contributed by atoms with Crippen LogP contribution in [0.2, 0.25) is 0 Å². The fourth-order valence-electron chi connectivity index (χ4n) is 2.22. The summed E-state index contributed by atoms with van der Waals surface area (Å²) in [5.74, 6) is -0.205. The van der Waals surface area contributed by atoms with Crippen molar-refractivity contribution < 1.29 is 14.3 Å². The molecule has 126 valence electrons. The van der Waals surface area contributed by atoms with Gasteiger partial charge in [0.05, 0.1) is 18.2 Å². The minimum atomic E-state index is -0.609. The fourth-order valence-corrected chi connectivity index (χ4v) is 2.22. The van der Waals surface area contributed by atoms with Crippen LogP contribution in [0.1, 0.15) is 41.5 Å². The predicted molar refractivity (Wildman–Crippen MR) is 92.8 cm³/mol. The highest BCUT2D eigenvalue weighted by Crippen LogP contribution is 2.22. The van der Waals surface area contributed by atoms with Crippen molar-refractivity contribution in [1.29, 1.82) is 0 Å². The molecule has 5 heteroatoms. The maximum atomic E-state index is 13.0. The number of hydrogen-bond donors (Lipinski definition) is 1. The summed E-state index contributed by atoms with van der Waals surface area (Å²) in [5.41, 5.74) is 2.98. The van der Waals surface area contributed by atoms with Crippen LogP contribution in [0.25, 0.3) is 0 Å². The Morgan fingerprint density at radius 1 is 0.958 bits per heavy atom. The van der Waals surface area contributed by atoms with Gasteiger partial charge < -0.3 is 4.74 Å². The fraction of sp³-hybridized carbons (Fsp3) is 0.263. The van der Waals surface area contributed by atoms with Crippen molar-refractivity contribution in [1.82, 2.24) is 10.4 Å². The third kappa shape index (κ3) is 3.93. The zero-order valence-corrected chi connectivity index (χ0v) is 14.4. The van der Waals surface area contributed by atoms with Crippen LogP contribution in [0, 0.1) is 0 Å². The number of hydrogen-bond acceptors (Lipinski definition) is 3. The minimum absolute atomic E-state index is 0.329. The van der Waals surface area contributed by atoms with Crippen molar-refractivity contribution in [2.45, 2.75) is 26.3 Å². The van der Waals surface area contributed by atoms with Crippen molar-refractivity contribution >= 4 is 11.8 Å². The third-order valence-electron chi connectivity index (χ3n) is 3.46. The van der Waals surface area contributed by atoms with E-state index in [1.165, 1.54) is 12.1 Å². The topological polar surface area (TPSA) is 58.6 Å². The molecule has 1 N–H and O–H groups in total. The summed E-state index contributed by atoms with van der Waals surface area (Å²) in [4.78, 5) is 25.4. The average molecular weight is 326 g/mol. The van der Waals surface area contributed by atoms with E-state index in [-0.39, 0.29) is 11.8 Å². The number of carbonyl (C=O) groups is 2. The second kappa shape index (κ2) is 7.17. The SMILES string of the molecule is COc1ccccc1C(=O)N(NC(=O)c1ccccc1)C(C)(C)C. The van der Waals surface area contributed by atoms with Gasteiger partial charge in [0.1, 0.15) is 5.75 Å². The Bertz CT molecular complexity index is 721. The van der Waals surface area contributed by atoms with Gasteiger partial charge in [-0.15, -0.1) is 0 Å². The summed E-state index contributed by atoms with van der Waals surface area (Å²) in [6.45, 7) is 5.56. The molecule has 2 aromatic carbocycles. The maximum Gasteiger partial charge on any atom is 0.276 e. The van der Waals surface area contributed by atoms with Gasteiger partial charge in [0.25, 0.3) is 11.8 Å². The number of nitrogens with zero attached hydrogens (tertiary/aromatic N) is 1. The highest BCUT2D eigenvalue weighted by Gasteiger charge is 2.31. The predicted octanol–water partition coefficient (Wildman–Crippen LogP) is 3.28. The Morgan fingerprint density at radius 2 is 1.54 bits per heavy atom. The molecule has 0 saturated heterocycles. The van der Waals surface area contributed by atoms with Gasteiger partial charge in [0.15, 0.2) is 0 Å². The van der Waals surface area contributed by atoms with Crippen molar-refractivity contribution in [3.63, 3.8) is 0 Å². The summed E-state index contributed by atoms with van der Waals surface area (Å²) in [5, 5.41) is 1.33. The lowest BCUT2D eigenvalue weighted by molar-refractivity contribution is 0.0356. The first kappa shape index (κ1) is 17.5. The van der Waals surface area contributed by atoms with Gasteiger partial charge in [-0.05, 0) is 45.0 Å². The summed E-state index contributed by atoms with van der Waals surface area (Å²) in [7, 11) is 1.51. The van der Waals surface area contributed by atoms with E-state index in [4.69, 9.17) is 4.74 Å². The average Bonchev–Trinajstić information content (AvgIpc) is 2.58. The molecule has 0 aliphatic carbocycles. The molecule has 0 spiro atoms. The van der Waals surface area contributed by atoms with E-state index in [1.54, 1.807) is 48.5 Å². The Labute approximate surface area is 142 Å². The van der Waals surface area contributed by atoms with E-state index >= 15 is 0 Å². The molecule has 0 radical (unpaired) electrons. The summed E-state index contributed by atoms with van der Waals surface area (Å²) in [6.07, 6.45) is 0. The molecule has 0 unspecified atom stereocenters. The van der Waals surface area contributed by atoms with Crippen molar-refractivity contribution in [3.05, 3.63) is 65.7 Å². The standard InChI is InChI=1S/C19H22N2O3/c1-19(2,3)21(20-17(22)14-10-6-5-7-11-14)18(23)15-12-8-9-13-16(15)24-4/h5-13H,1-4H3,(H,20,22). The molecule has 24 heavy (non-hydrogen) atoms. The van der Waals surface area contributed by atoms with E-state index in [0.717, 1.165) is 0 Å². The summed E-state index contributed by atoms with van der Waals surface area (Å²) < 4.78 is 5.26. The van der Waals surface area contributed by atoms with Crippen LogP contribution >= 0.6 is 0 Å². The lowest BCUT2D eigenvalue weighted by Gasteiger charge is -2.35. The number of amides is 2. The van der Waals surface area contributed by atoms with Gasteiger partial charge in [-0.2, -0.15) is 0 Å². The monoisotopic (exact) mass is 326 g/mol. The molecule has 2 aromatic rings. The molecule has 0 saturated carbocycles. The zero-order valence-electron chi connectivity index (χ0n) is 14.4.